The standard InChI is InChI=1S/C14H19N3O/c1-2-7-17-10-13(16-14(17)3-1)9-15-6-4-12-5-8-18-11-12/h1-3,7,10,12,15H,4-6,8-9,11H2. The van der Waals surface area contributed by atoms with E-state index in [0.29, 0.717) is 0 Å². The maximum absolute atomic E-state index is 5.37. The van der Waals surface area contributed by atoms with E-state index in [0.717, 1.165) is 43.6 Å². The molecule has 0 amide bonds. The van der Waals surface area contributed by atoms with Gasteiger partial charge in [-0.25, -0.2) is 4.98 Å². The summed E-state index contributed by atoms with van der Waals surface area (Å²) in [4.78, 5) is 4.56. The highest BCUT2D eigenvalue weighted by Crippen LogP contribution is 2.15. The first-order valence-corrected chi connectivity index (χ1v) is 6.63. The van der Waals surface area contributed by atoms with Crippen molar-refractivity contribution in [1.82, 2.24) is 14.7 Å². The minimum Gasteiger partial charge on any atom is -0.381 e. The number of rotatable bonds is 5. The number of nitrogens with one attached hydrogen (secondary N) is 1. The molecule has 0 bridgehead atoms. The Morgan fingerprint density at radius 1 is 1.44 bits per heavy atom. The number of hydrogen-bond acceptors (Lipinski definition) is 3. The van der Waals surface area contributed by atoms with Gasteiger partial charge in [-0.05, 0) is 37.4 Å². The number of nitrogens with zero attached hydrogens (tertiary/aromatic N) is 2. The molecule has 1 N–H and O–H groups in total. The highest BCUT2D eigenvalue weighted by molar-refractivity contribution is 5.39. The van der Waals surface area contributed by atoms with Crippen molar-refractivity contribution in [3.8, 4) is 0 Å². The molecule has 4 nitrogen and oxygen atoms in total. The molecule has 0 saturated carbocycles. The van der Waals surface area contributed by atoms with Crippen LogP contribution in [0, 0.1) is 5.92 Å². The molecule has 0 radical (unpaired) electrons. The zero-order valence-corrected chi connectivity index (χ0v) is 10.5. The van der Waals surface area contributed by atoms with Gasteiger partial charge in [-0.2, -0.15) is 0 Å². The topological polar surface area (TPSA) is 38.6 Å². The van der Waals surface area contributed by atoms with Gasteiger partial charge < -0.3 is 14.5 Å². The van der Waals surface area contributed by atoms with Gasteiger partial charge in [0, 0.05) is 32.2 Å². The summed E-state index contributed by atoms with van der Waals surface area (Å²) in [6, 6.07) is 6.06. The van der Waals surface area contributed by atoms with E-state index in [4.69, 9.17) is 4.74 Å². The van der Waals surface area contributed by atoms with Crippen molar-refractivity contribution in [3.05, 3.63) is 36.3 Å². The smallest absolute Gasteiger partial charge is 0.137 e. The molecule has 1 aliphatic rings. The van der Waals surface area contributed by atoms with E-state index in [1.807, 2.05) is 24.4 Å². The van der Waals surface area contributed by atoms with Crippen LogP contribution in [-0.4, -0.2) is 29.1 Å². The van der Waals surface area contributed by atoms with Gasteiger partial charge in [0.25, 0.3) is 0 Å². The van der Waals surface area contributed by atoms with Crippen LogP contribution in [0.5, 0.6) is 0 Å². The lowest BCUT2D eigenvalue weighted by Gasteiger charge is -2.07. The molecule has 1 saturated heterocycles. The first-order valence-electron chi connectivity index (χ1n) is 6.63. The monoisotopic (exact) mass is 245 g/mol. The second-order valence-electron chi connectivity index (χ2n) is 4.89. The van der Waals surface area contributed by atoms with Gasteiger partial charge in [0.05, 0.1) is 5.69 Å². The average molecular weight is 245 g/mol. The molecule has 2 aromatic heterocycles. The van der Waals surface area contributed by atoms with E-state index in [-0.39, 0.29) is 0 Å². The molecule has 1 atom stereocenters. The number of pyridine rings is 1. The third-order valence-corrected chi connectivity index (χ3v) is 3.47. The van der Waals surface area contributed by atoms with Crippen LogP contribution in [0.25, 0.3) is 5.65 Å². The second-order valence-corrected chi connectivity index (χ2v) is 4.89. The highest BCUT2D eigenvalue weighted by atomic mass is 16.5. The fourth-order valence-electron chi connectivity index (χ4n) is 2.41. The number of fused-ring (bicyclic) bond motifs is 1. The molecule has 18 heavy (non-hydrogen) atoms. The fraction of sp³-hybridized carbons (Fsp3) is 0.500. The molecule has 1 unspecified atom stereocenters. The average Bonchev–Trinajstić information content (AvgIpc) is 3.03. The van der Waals surface area contributed by atoms with Crippen LogP contribution in [0.4, 0.5) is 0 Å². The van der Waals surface area contributed by atoms with Gasteiger partial charge in [0.15, 0.2) is 0 Å². The Morgan fingerprint density at radius 2 is 2.44 bits per heavy atom. The third-order valence-electron chi connectivity index (χ3n) is 3.47. The van der Waals surface area contributed by atoms with Crippen LogP contribution >= 0.6 is 0 Å². The van der Waals surface area contributed by atoms with Crippen molar-refractivity contribution in [2.75, 3.05) is 19.8 Å². The lowest BCUT2D eigenvalue weighted by Crippen LogP contribution is -2.18. The summed E-state index contributed by atoms with van der Waals surface area (Å²) in [5.41, 5.74) is 2.11. The summed E-state index contributed by atoms with van der Waals surface area (Å²) < 4.78 is 7.43. The summed E-state index contributed by atoms with van der Waals surface area (Å²) in [5.74, 6) is 0.749. The summed E-state index contributed by atoms with van der Waals surface area (Å²) in [7, 11) is 0. The zero-order valence-electron chi connectivity index (χ0n) is 10.5. The Kier molecular flexibility index (Phi) is 3.57. The molecule has 3 rings (SSSR count). The summed E-state index contributed by atoms with van der Waals surface area (Å²) in [6.45, 7) is 3.77. The van der Waals surface area contributed by atoms with Gasteiger partial charge in [-0.15, -0.1) is 0 Å². The van der Waals surface area contributed by atoms with Crippen molar-refractivity contribution in [2.24, 2.45) is 5.92 Å². The number of aromatic nitrogens is 2. The Labute approximate surface area is 107 Å². The van der Waals surface area contributed by atoms with Crippen molar-refractivity contribution >= 4 is 5.65 Å². The Bertz CT molecular complexity index is 469. The Morgan fingerprint density at radius 3 is 3.28 bits per heavy atom. The molecule has 1 aliphatic heterocycles. The maximum atomic E-state index is 5.37. The predicted octanol–water partition coefficient (Wildman–Crippen LogP) is 1.85. The van der Waals surface area contributed by atoms with Crippen LogP contribution in [0.2, 0.25) is 0 Å². The lowest BCUT2D eigenvalue weighted by atomic mass is 10.1. The second kappa shape index (κ2) is 5.50. The van der Waals surface area contributed by atoms with Crippen LogP contribution in [0.3, 0.4) is 0 Å². The molecule has 3 heterocycles. The van der Waals surface area contributed by atoms with Crippen LogP contribution in [0.15, 0.2) is 30.6 Å². The van der Waals surface area contributed by atoms with Crippen LogP contribution in [-0.2, 0) is 11.3 Å². The Balaban J connectivity index is 1.47. The normalized spacial score (nSPS) is 19.7. The van der Waals surface area contributed by atoms with Gasteiger partial charge >= 0.3 is 0 Å². The minimum atomic E-state index is 0.749. The van der Waals surface area contributed by atoms with Gasteiger partial charge in [0.2, 0.25) is 0 Å². The van der Waals surface area contributed by atoms with E-state index >= 15 is 0 Å². The van der Waals surface area contributed by atoms with Crippen LogP contribution in [0.1, 0.15) is 18.5 Å². The van der Waals surface area contributed by atoms with Crippen molar-refractivity contribution in [2.45, 2.75) is 19.4 Å². The van der Waals surface area contributed by atoms with E-state index in [1.54, 1.807) is 0 Å². The molecule has 4 heteroatoms. The third kappa shape index (κ3) is 2.71. The first kappa shape index (κ1) is 11.7. The first-order chi connectivity index (χ1) is 8.92. The number of imidazole rings is 1. The molecule has 0 aliphatic carbocycles. The van der Waals surface area contributed by atoms with E-state index < -0.39 is 0 Å². The lowest BCUT2D eigenvalue weighted by molar-refractivity contribution is 0.184. The summed E-state index contributed by atoms with van der Waals surface area (Å²) >= 11 is 0. The Hall–Kier alpha value is -1.39. The van der Waals surface area contributed by atoms with Gasteiger partial charge in [0.1, 0.15) is 5.65 Å². The minimum absolute atomic E-state index is 0.749. The van der Waals surface area contributed by atoms with Crippen molar-refractivity contribution in [1.29, 1.82) is 0 Å². The highest BCUT2D eigenvalue weighted by Gasteiger charge is 2.14. The van der Waals surface area contributed by atoms with Crippen LogP contribution < -0.4 is 5.32 Å². The SMILES string of the molecule is c1ccn2cc(CNCCC3CCOC3)nc2c1. The largest absolute Gasteiger partial charge is 0.381 e. The molecule has 96 valence electrons. The fourth-order valence-corrected chi connectivity index (χ4v) is 2.41. The van der Waals surface area contributed by atoms with E-state index in [2.05, 4.69) is 20.9 Å². The molecule has 2 aromatic rings. The molecule has 0 aromatic carbocycles. The quantitative estimate of drug-likeness (QED) is 0.817. The van der Waals surface area contributed by atoms with Crippen molar-refractivity contribution < 1.29 is 4.74 Å². The van der Waals surface area contributed by atoms with Gasteiger partial charge in [-0.1, -0.05) is 6.07 Å². The molecule has 1 fully saturated rings. The number of hydrogen-bond donors (Lipinski definition) is 1. The van der Waals surface area contributed by atoms with Crippen molar-refractivity contribution in [3.63, 3.8) is 0 Å². The summed E-state index contributed by atoms with van der Waals surface area (Å²) in [5, 5.41) is 3.46. The molecule has 0 spiro atoms. The number of ether oxygens (including phenoxy) is 1. The molecular weight excluding hydrogens is 226 g/mol. The van der Waals surface area contributed by atoms with E-state index in [9.17, 15) is 0 Å². The van der Waals surface area contributed by atoms with E-state index in [1.165, 1.54) is 12.8 Å². The molecular formula is C14H19N3O. The zero-order chi connectivity index (χ0) is 12.2. The summed E-state index contributed by atoms with van der Waals surface area (Å²) in [6.07, 6.45) is 6.53. The predicted molar refractivity (Wildman–Crippen MR) is 70.4 cm³/mol. The van der Waals surface area contributed by atoms with Gasteiger partial charge in [-0.3, -0.25) is 0 Å². The maximum Gasteiger partial charge on any atom is 0.137 e.